The number of halogens is 3. The summed E-state index contributed by atoms with van der Waals surface area (Å²) in [7, 11) is 0. The number of nitrogens with one attached hydrogen (secondary N) is 1. The van der Waals surface area contributed by atoms with E-state index in [0.29, 0.717) is 5.75 Å². The molecule has 1 aliphatic heterocycles. The Hall–Kier alpha value is -2.29. The van der Waals surface area contributed by atoms with Crippen LogP contribution in [0.5, 0.6) is 0 Å². The molecular formula is C17H17F3N2O3S. The highest BCUT2D eigenvalue weighted by Crippen LogP contribution is 2.31. The summed E-state index contributed by atoms with van der Waals surface area (Å²) in [5.41, 5.74) is -0.926. The number of carbonyl (C=O) groups is 3. The predicted octanol–water partition coefficient (Wildman–Crippen LogP) is 2.37. The first kappa shape index (κ1) is 20.0. The fraction of sp³-hybridized carbons (Fsp3) is 0.353. The lowest BCUT2D eigenvalue weighted by molar-refractivity contribution is -0.145. The van der Waals surface area contributed by atoms with Crippen LogP contribution in [0.2, 0.25) is 0 Å². The highest BCUT2D eigenvalue weighted by molar-refractivity contribution is 7.98. The fourth-order valence-corrected chi connectivity index (χ4v) is 3.04. The van der Waals surface area contributed by atoms with Crippen molar-refractivity contribution >= 4 is 29.5 Å². The maximum atomic E-state index is 13.0. The molecule has 5 nitrogen and oxygen atoms in total. The smallest absolute Gasteiger partial charge is 0.350 e. The molecule has 0 saturated heterocycles. The number of benzene rings is 1. The van der Waals surface area contributed by atoms with Gasteiger partial charge in [-0.3, -0.25) is 19.3 Å². The minimum absolute atomic E-state index is 0.0887. The Morgan fingerprint density at radius 1 is 1.19 bits per heavy atom. The Kier molecular flexibility index (Phi) is 6.47. The van der Waals surface area contributed by atoms with Crippen molar-refractivity contribution in [3.63, 3.8) is 0 Å². The van der Waals surface area contributed by atoms with Gasteiger partial charge in [-0.15, -0.1) is 0 Å². The Labute approximate surface area is 152 Å². The molecule has 0 saturated carbocycles. The van der Waals surface area contributed by atoms with E-state index in [1.54, 1.807) is 6.26 Å². The number of carbonyl (C=O) groups excluding carboxylic acids is 3. The summed E-state index contributed by atoms with van der Waals surface area (Å²) in [6.45, 7) is -0.353. The molecule has 3 amide bonds. The van der Waals surface area contributed by atoms with Crippen LogP contribution in [-0.2, 0) is 27.1 Å². The molecule has 1 aliphatic rings. The van der Waals surface area contributed by atoms with Gasteiger partial charge in [-0.05, 0) is 30.1 Å². The van der Waals surface area contributed by atoms with Crippen LogP contribution < -0.4 is 5.32 Å². The molecule has 0 bridgehead atoms. The fourth-order valence-electron chi connectivity index (χ4n) is 2.58. The Morgan fingerprint density at radius 2 is 1.81 bits per heavy atom. The van der Waals surface area contributed by atoms with E-state index in [9.17, 15) is 27.6 Å². The maximum Gasteiger partial charge on any atom is 0.416 e. The number of hydrogen-bond donors (Lipinski definition) is 1. The van der Waals surface area contributed by atoms with E-state index in [-0.39, 0.29) is 18.5 Å². The van der Waals surface area contributed by atoms with Crippen molar-refractivity contribution in [2.45, 2.75) is 25.2 Å². The number of hydrogen-bond acceptors (Lipinski definition) is 4. The van der Waals surface area contributed by atoms with E-state index in [4.69, 9.17) is 0 Å². The summed E-state index contributed by atoms with van der Waals surface area (Å²) >= 11 is 1.43. The number of alkyl halides is 3. The molecule has 9 heteroatoms. The van der Waals surface area contributed by atoms with Crippen molar-refractivity contribution in [1.82, 2.24) is 10.2 Å². The molecule has 0 unspecified atom stereocenters. The average molecular weight is 386 g/mol. The summed E-state index contributed by atoms with van der Waals surface area (Å²) in [4.78, 5) is 37.0. The van der Waals surface area contributed by atoms with Gasteiger partial charge in [0.1, 0.15) is 6.04 Å². The molecule has 140 valence electrons. The first-order valence-corrected chi connectivity index (χ1v) is 9.12. The molecule has 1 aromatic carbocycles. The van der Waals surface area contributed by atoms with Crippen molar-refractivity contribution in [3.05, 3.63) is 47.5 Å². The Balaban J connectivity index is 2.13. The number of rotatable bonds is 7. The molecular weight excluding hydrogens is 369 g/mol. The molecule has 1 aromatic rings. The van der Waals surface area contributed by atoms with E-state index in [1.165, 1.54) is 30.0 Å². The van der Waals surface area contributed by atoms with Crippen molar-refractivity contribution in [1.29, 1.82) is 0 Å². The van der Waals surface area contributed by atoms with E-state index >= 15 is 0 Å². The van der Waals surface area contributed by atoms with Crippen LogP contribution >= 0.6 is 11.8 Å². The lowest BCUT2D eigenvalue weighted by Gasteiger charge is -2.25. The number of nitrogens with zero attached hydrogens (tertiary/aromatic N) is 1. The average Bonchev–Trinajstić information content (AvgIpc) is 2.92. The second-order valence-electron chi connectivity index (χ2n) is 5.55. The summed E-state index contributed by atoms with van der Waals surface area (Å²) in [5, 5.41) is 2.42. The van der Waals surface area contributed by atoms with Gasteiger partial charge in [0.25, 0.3) is 11.8 Å². The number of imide groups is 1. The molecule has 26 heavy (non-hydrogen) atoms. The van der Waals surface area contributed by atoms with Gasteiger partial charge in [0.2, 0.25) is 5.91 Å². The lowest BCUT2D eigenvalue weighted by Crippen LogP contribution is -2.49. The molecule has 1 N–H and O–H groups in total. The largest absolute Gasteiger partial charge is 0.416 e. The van der Waals surface area contributed by atoms with Gasteiger partial charge in [-0.25, -0.2) is 0 Å². The number of thioether (sulfide) groups is 1. The molecule has 0 radical (unpaired) electrons. The van der Waals surface area contributed by atoms with Crippen LogP contribution in [0.1, 0.15) is 17.5 Å². The SMILES string of the molecule is CSCC[C@@H](C(=O)NCc1ccccc1C(F)(F)F)N1C(=O)C=CC1=O. The summed E-state index contributed by atoms with van der Waals surface area (Å²) < 4.78 is 39.1. The third kappa shape index (κ3) is 4.66. The predicted molar refractivity (Wildman–Crippen MR) is 91.1 cm³/mol. The van der Waals surface area contributed by atoms with E-state index < -0.39 is 35.5 Å². The molecule has 0 fully saturated rings. The van der Waals surface area contributed by atoms with Gasteiger partial charge in [-0.1, -0.05) is 18.2 Å². The summed E-state index contributed by atoms with van der Waals surface area (Å²) in [6, 6.07) is 3.86. The zero-order chi connectivity index (χ0) is 19.3. The van der Waals surface area contributed by atoms with Crippen molar-refractivity contribution < 1.29 is 27.6 Å². The second-order valence-corrected chi connectivity index (χ2v) is 6.54. The summed E-state index contributed by atoms with van der Waals surface area (Å²) in [6.07, 6.45) is -0.376. The van der Waals surface area contributed by atoms with Crippen LogP contribution in [0.15, 0.2) is 36.4 Å². The topological polar surface area (TPSA) is 66.5 Å². The van der Waals surface area contributed by atoms with Gasteiger partial charge < -0.3 is 5.32 Å². The van der Waals surface area contributed by atoms with Crippen LogP contribution in [0.4, 0.5) is 13.2 Å². The van der Waals surface area contributed by atoms with Crippen LogP contribution in [0.3, 0.4) is 0 Å². The van der Waals surface area contributed by atoms with E-state index in [2.05, 4.69) is 5.32 Å². The second kappa shape index (κ2) is 8.39. The van der Waals surface area contributed by atoms with Gasteiger partial charge in [0, 0.05) is 18.7 Å². The van der Waals surface area contributed by atoms with Crippen molar-refractivity contribution in [3.8, 4) is 0 Å². The van der Waals surface area contributed by atoms with Gasteiger partial charge in [0.05, 0.1) is 5.56 Å². The van der Waals surface area contributed by atoms with E-state index in [1.807, 2.05) is 0 Å². The molecule has 0 aromatic heterocycles. The zero-order valence-electron chi connectivity index (χ0n) is 13.9. The van der Waals surface area contributed by atoms with E-state index in [0.717, 1.165) is 23.1 Å². The molecule has 0 aliphatic carbocycles. The number of amides is 3. The Bertz CT molecular complexity index is 716. The minimum Gasteiger partial charge on any atom is -0.350 e. The van der Waals surface area contributed by atoms with Gasteiger partial charge in [0.15, 0.2) is 0 Å². The van der Waals surface area contributed by atoms with Gasteiger partial charge in [-0.2, -0.15) is 24.9 Å². The van der Waals surface area contributed by atoms with Gasteiger partial charge >= 0.3 is 6.18 Å². The van der Waals surface area contributed by atoms with Crippen molar-refractivity contribution in [2.75, 3.05) is 12.0 Å². The molecule has 0 spiro atoms. The zero-order valence-corrected chi connectivity index (χ0v) is 14.7. The third-order valence-electron chi connectivity index (χ3n) is 3.83. The maximum absolute atomic E-state index is 13.0. The molecule has 1 atom stereocenters. The van der Waals surface area contributed by atoms with Crippen LogP contribution in [0, 0.1) is 0 Å². The standard InChI is InChI=1S/C17H17F3N2O3S/c1-26-9-8-13(22-14(23)6-7-15(22)24)16(25)21-10-11-4-2-3-5-12(11)17(18,19)20/h2-7,13H,8-10H2,1H3,(H,21,25)/t13-/m0/s1. The van der Waals surface area contributed by atoms with Crippen LogP contribution in [0.25, 0.3) is 0 Å². The first-order valence-electron chi connectivity index (χ1n) is 7.72. The minimum atomic E-state index is -4.54. The van der Waals surface area contributed by atoms with Crippen LogP contribution in [-0.4, -0.2) is 40.7 Å². The monoisotopic (exact) mass is 386 g/mol. The highest BCUT2D eigenvalue weighted by atomic mass is 32.2. The normalized spacial score (nSPS) is 15.5. The first-order chi connectivity index (χ1) is 12.3. The highest BCUT2D eigenvalue weighted by Gasteiger charge is 2.36. The quantitative estimate of drug-likeness (QED) is 0.731. The molecule has 2 rings (SSSR count). The summed E-state index contributed by atoms with van der Waals surface area (Å²) in [5.74, 6) is -1.37. The Morgan fingerprint density at radius 3 is 2.38 bits per heavy atom. The third-order valence-corrected chi connectivity index (χ3v) is 4.47. The lowest BCUT2D eigenvalue weighted by atomic mass is 10.1. The van der Waals surface area contributed by atoms with Crippen molar-refractivity contribution in [2.24, 2.45) is 0 Å². The molecule has 1 heterocycles.